The monoisotopic (exact) mass is 534 g/mol. The normalized spacial score (nSPS) is 21.9. The molecule has 2 aromatic carbocycles. The summed E-state index contributed by atoms with van der Waals surface area (Å²) in [5.41, 5.74) is 2.49. The number of carbonyl (C=O) groups is 2. The Morgan fingerprint density at radius 2 is 1.87 bits per heavy atom. The Kier molecular flexibility index (Phi) is 8.16. The summed E-state index contributed by atoms with van der Waals surface area (Å²) in [6, 6.07) is 13.3. The first-order chi connectivity index (χ1) is 18.9. The Morgan fingerprint density at radius 3 is 2.64 bits per heavy atom. The minimum Gasteiger partial charge on any atom is -0.342 e. The number of aryl methyl sites for hydroxylation is 1. The lowest BCUT2D eigenvalue weighted by Gasteiger charge is -2.41. The van der Waals surface area contributed by atoms with Crippen molar-refractivity contribution < 1.29 is 14.0 Å². The molecule has 206 valence electrons. The topological polar surface area (TPSA) is 108 Å². The quantitative estimate of drug-likeness (QED) is 0.504. The number of aromatic nitrogens is 4. The van der Waals surface area contributed by atoms with Gasteiger partial charge < -0.3 is 20.4 Å². The average Bonchev–Trinajstić information content (AvgIpc) is 3.36. The predicted molar refractivity (Wildman–Crippen MR) is 145 cm³/mol. The van der Waals surface area contributed by atoms with Crippen LogP contribution in [0.15, 0.2) is 48.5 Å². The number of urea groups is 1. The van der Waals surface area contributed by atoms with E-state index in [4.69, 9.17) is 0 Å². The number of likely N-dealkylation sites (tertiary alicyclic amines) is 2. The molecule has 3 heterocycles. The van der Waals surface area contributed by atoms with Crippen LogP contribution in [0, 0.1) is 17.7 Å². The van der Waals surface area contributed by atoms with Gasteiger partial charge in [0.25, 0.3) is 0 Å². The molecule has 1 aromatic heterocycles. The highest BCUT2D eigenvalue weighted by Crippen LogP contribution is 2.26. The first kappa shape index (κ1) is 26.7. The van der Waals surface area contributed by atoms with Crippen LogP contribution in [-0.2, 0) is 18.3 Å². The fourth-order valence-electron chi connectivity index (χ4n) is 5.70. The van der Waals surface area contributed by atoms with E-state index in [-0.39, 0.29) is 29.7 Å². The second-order valence-electron chi connectivity index (χ2n) is 10.7. The molecule has 0 spiro atoms. The number of nitrogens with zero attached hydrogens (tertiary/aromatic N) is 6. The Labute approximate surface area is 227 Å². The fourth-order valence-corrected chi connectivity index (χ4v) is 5.70. The summed E-state index contributed by atoms with van der Waals surface area (Å²) in [5, 5.41) is 17.5. The zero-order chi connectivity index (χ0) is 27.4. The molecule has 2 saturated heterocycles. The van der Waals surface area contributed by atoms with E-state index in [1.165, 1.54) is 12.1 Å². The van der Waals surface area contributed by atoms with Crippen LogP contribution in [0.25, 0.3) is 11.4 Å². The lowest BCUT2D eigenvalue weighted by Crippen LogP contribution is -2.57. The van der Waals surface area contributed by atoms with Crippen LogP contribution >= 0.6 is 0 Å². The fraction of sp³-hybridized carbons (Fsp3) is 0.464. The summed E-state index contributed by atoms with van der Waals surface area (Å²) >= 11 is 0. The van der Waals surface area contributed by atoms with Crippen molar-refractivity contribution in [2.24, 2.45) is 18.9 Å². The van der Waals surface area contributed by atoms with E-state index in [1.54, 1.807) is 17.8 Å². The van der Waals surface area contributed by atoms with Crippen molar-refractivity contribution in [3.05, 3.63) is 59.9 Å². The molecule has 3 aromatic rings. The van der Waals surface area contributed by atoms with Crippen LogP contribution in [0.1, 0.15) is 24.8 Å². The van der Waals surface area contributed by atoms with E-state index in [0.717, 1.165) is 43.5 Å². The number of carbonyl (C=O) groups excluding carboxylic acids is 2. The molecule has 2 N–H and O–H groups in total. The lowest BCUT2D eigenvalue weighted by atomic mass is 9.87. The van der Waals surface area contributed by atoms with Crippen molar-refractivity contribution >= 4 is 17.6 Å². The van der Waals surface area contributed by atoms with Crippen LogP contribution in [-0.4, -0.2) is 81.2 Å². The molecule has 0 radical (unpaired) electrons. The third-order valence-electron chi connectivity index (χ3n) is 7.72. The van der Waals surface area contributed by atoms with Gasteiger partial charge in [0.05, 0.1) is 5.92 Å². The van der Waals surface area contributed by atoms with E-state index < -0.39 is 0 Å². The third-order valence-corrected chi connectivity index (χ3v) is 7.72. The van der Waals surface area contributed by atoms with Gasteiger partial charge in [0, 0.05) is 44.0 Å². The minimum absolute atomic E-state index is 0.0902. The Bertz CT molecular complexity index is 1300. The Hall–Kier alpha value is -3.86. The van der Waals surface area contributed by atoms with Crippen molar-refractivity contribution in [2.45, 2.75) is 31.7 Å². The number of benzene rings is 2. The van der Waals surface area contributed by atoms with Crippen molar-refractivity contribution in [1.29, 1.82) is 0 Å². The third kappa shape index (κ3) is 6.59. The van der Waals surface area contributed by atoms with Gasteiger partial charge in [0.1, 0.15) is 5.82 Å². The van der Waals surface area contributed by atoms with Gasteiger partial charge in [-0.15, -0.1) is 5.10 Å². The number of tetrazole rings is 1. The molecule has 2 aliphatic rings. The Balaban J connectivity index is 1.22. The summed E-state index contributed by atoms with van der Waals surface area (Å²) in [6.45, 7) is 2.80. The predicted octanol–water partition coefficient (Wildman–Crippen LogP) is 2.94. The number of piperidine rings is 2. The molecular formula is C28H35FN8O2. The SMILES string of the molecule is CN1CC[C@@H](NC(=O)Nc2cccc(-c3nnnn3C)c2)[C@H](C(=O)N2CCCC(Cc3ccc(F)cc3)C2)C1. The number of hydrogen-bond acceptors (Lipinski definition) is 6. The molecule has 0 bridgehead atoms. The van der Waals surface area contributed by atoms with Crippen LogP contribution in [0.2, 0.25) is 0 Å². The van der Waals surface area contributed by atoms with E-state index in [9.17, 15) is 14.0 Å². The number of halogens is 1. The molecular weight excluding hydrogens is 499 g/mol. The molecule has 3 atom stereocenters. The van der Waals surface area contributed by atoms with Gasteiger partial charge in [0.2, 0.25) is 5.91 Å². The van der Waals surface area contributed by atoms with E-state index in [1.807, 2.05) is 42.3 Å². The highest BCUT2D eigenvalue weighted by molar-refractivity contribution is 5.91. The van der Waals surface area contributed by atoms with Crippen molar-refractivity contribution in [1.82, 2.24) is 35.3 Å². The van der Waals surface area contributed by atoms with Crippen molar-refractivity contribution in [2.75, 3.05) is 38.5 Å². The molecule has 0 aliphatic carbocycles. The maximum Gasteiger partial charge on any atom is 0.319 e. The van der Waals surface area contributed by atoms with Crippen molar-refractivity contribution in [3.63, 3.8) is 0 Å². The molecule has 11 heteroatoms. The molecule has 1 unspecified atom stereocenters. The second kappa shape index (κ2) is 11.9. The van der Waals surface area contributed by atoms with Crippen molar-refractivity contribution in [3.8, 4) is 11.4 Å². The number of nitrogens with one attached hydrogen (secondary N) is 2. The van der Waals surface area contributed by atoms with Gasteiger partial charge in [-0.3, -0.25) is 4.79 Å². The molecule has 3 amide bonds. The van der Waals surface area contributed by atoms with Gasteiger partial charge >= 0.3 is 6.03 Å². The van der Waals surface area contributed by atoms with Gasteiger partial charge in [-0.2, -0.15) is 0 Å². The summed E-state index contributed by atoms with van der Waals surface area (Å²) in [7, 11) is 3.77. The van der Waals surface area contributed by atoms with Crippen LogP contribution in [0.3, 0.4) is 0 Å². The average molecular weight is 535 g/mol. The van der Waals surface area contributed by atoms with E-state index in [2.05, 4.69) is 31.1 Å². The summed E-state index contributed by atoms with van der Waals surface area (Å²) in [6.07, 6.45) is 3.50. The summed E-state index contributed by atoms with van der Waals surface area (Å²) in [5.74, 6) is 0.459. The summed E-state index contributed by atoms with van der Waals surface area (Å²) < 4.78 is 14.9. The molecule has 0 saturated carbocycles. The van der Waals surface area contributed by atoms with Crippen LogP contribution in [0.5, 0.6) is 0 Å². The Morgan fingerprint density at radius 1 is 1.05 bits per heavy atom. The number of hydrogen-bond donors (Lipinski definition) is 2. The smallest absolute Gasteiger partial charge is 0.319 e. The van der Waals surface area contributed by atoms with Crippen LogP contribution in [0.4, 0.5) is 14.9 Å². The summed E-state index contributed by atoms with van der Waals surface area (Å²) in [4.78, 5) is 30.9. The van der Waals surface area contributed by atoms with E-state index in [0.29, 0.717) is 36.9 Å². The molecule has 2 fully saturated rings. The van der Waals surface area contributed by atoms with Crippen LogP contribution < -0.4 is 10.6 Å². The first-order valence-corrected chi connectivity index (χ1v) is 13.5. The molecule has 5 rings (SSSR count). The minimum atomic E-state index is -0.344. The number of anilines is 1. The highest BCUT2D eigenvalue weighted by Gasteiger charge is 2.38. The van der Waals surface area contributed by atoms with Gasteiger partial charge in [-0.25, -0.2) is 13.9 Å². The van der Waals surface area contributed by atoms with Gasteiger partial charge in [-0.05, 0) is 85.4 Å². The second-order valence-corrected chi connectivity index (χ2v) is 10.7. The number of amides is 3. The maximum atomic E-state index is 13.8. The first-order valence-electron chi connectivity index (χ1n) is 13.5. The van der Waals surface area contributed by atoms with Gasteiger partial charge in [-0.1, -0.05) is 24.3 Å². The zero-order valence-electron chi connectivity index (χ0n) is 22.4. The standard InChI is InChI=1S/C28H35FN8O2/c1-35-14-12-25(31-28(39)30-23-7-3-6-21(16-23)26-32-33-34-36(26)2)24(18-35)27(38)37-13-4-5-20(17-37)15-19-8-10-22(29)11-9-19/h3,6-11,16,20,24-25H,4-5,12-15,17-18H2,1-2H3,(H2,30,31,39)/t20?,24-,25-/m1/s1. The molecule has 10 nitrogen and oxygen atoms in total. The largest absolute Gasteiger partial charge is 0.342 e. The maximum absolute atomic E-state index is 13.8. The van der Waals surface area contributed by atoms with Gasteiger partial charge in [0.15, 0.2) is 5.82 Å². The lowest BCUT2D eigenvalue weighted by molar-refractivity contribution is -0.140. The number of rotatable bonds is 6. The zero-order valence-corrected chi connectivity index (χ0v) is 22.4. The molecule has 39 heavy (non-hydrogen) atoms. The van der Waals surface area contributed by atoms with E-state index >= 15 is 0 Å². The highest BCUT2D eigenvalue weighted by atomic mass is 19.1. The molecule has 2 aliphatic heterocycles.